The van der Waals surface area contributed by atoms with Crippen molar-refractivity contribution in [3.05, 3.63) is 22.3 Å². The van der Waals surface area contributed by atoms with Crippen molar-refractivity contribution >= 4 is 27.7 Å². The molecular formula is C12H15BrN2O3. The second-order valence-corrected chi connectivity index (χ2v) is 5.03. The van der Waals surface area contributed by atoms with Crippen molar-refractivity contribution in [3.63, 3.8) is 0 Å². The zero-order valence-electron chi connectivity index (χ0n) is 9.89. The van der Waals surface area contributed by atoms with Gasteiger partial charge in [0.05, 0.1) is 16.1 Å². The fraction of sp³-hybridized carbons (Fsp3) is 0.500. The molecule has 18 heavy (non-hydrogen) atoms. The van der Waals surface area contributed by atoms with E-state index in [2.05, 4.69) is 20.9 Å². The first-order valence-corrected chi connectivity index (χ1v) is 6.66. The standard InChI is InChI=1S/C12H15BrN2O3/c13-10-6-15-11(14)5-9(10)12(16)18-7-8-3-1-2-4-17-8/h5-6,8H,1-4,7H2,(H2,14,15). The molecule has 2 N–H and O–H groups in total. The zero-order chi connectivity index (χ0) is 13.0. The summed E-state index contributed by atoms with van der Waals surface area (Å²) < 4.78 is 11.3. The van der Waals surface area contributed by atoms with Crippen LogP contribution < -0.4 is 5.73 Å². The molecular weight excluding hydrogens is 300 g/mol. The van der Waals surface area contributed by atoms with E-state index in [9.17, 15) is 4.79 Å². The number of anilines is 1. The Balaban J connectivity index is 1.92. The van der Waals surface area contributed by atoms with Crippen LogP contribution in [0.4, 0.5) is 5.82 Å². The summed E-state index contributed by atoms with van der Waals surface area (Å²) in [6.07, 6.45) is 4.64. The number of carbonyl (C=O) groups is 1. The summed E-state index contributed by atoms with van der Waals surface area (Å²) in [5.74, 6) is -0.121. The Hall–Kier alpha value is -1.14. The third-order valence-corrected chi connectivity index (χ3v) is 3.40. The molecule has 0 aromatic carbocycles. The highest BCUT2D eigenvalue weighted by atomic mass is 79.9. The Bertz CT molecular complexity index is 433. The maximum atomic E-state index is 11.9. The SMILES string of the molecule is Nc1cc(C(=O)OCC2CCCCO2)c(Br)cn1. The van der Waals surface area contributed by atoms with Crippen LogP contribution in [-0.4, -0.2) is 30.3 Å². The number of nitrogens with two attached hydrogens (primary N) is 1. The lowest BCUT2D eigenvalue weighted by atomic mass is 10.1. The minimum Gasteiger partial charge on any atom is -0.459 e. The average Bonchev–Trinajstić information content (AvgIpc) is 2.40. The highest BCUT2D eigenvalue weighted by molar-refractivity contribution is 9.10. The van der Waals surface area contributed by atoms with Crippen LogP contribution in [0.3, 0.4) is 0 Å². The first kappa shape index (κ1) is 13.3. The van der Waals surface area contributed by atoms with Gasteiger partial charge >= 0.3 is 5.97 Å². The van der Waals surface area contributed by atoms with E-state index in [0.717, 1.165) is 25.9 Å². The lowest BCUT2D eigenvalue weighted by Crippen LogP contribution is -2.26. The number of nitrogens with zero attached hydrogens (tertiary/aromatic N) is 1. The minimum atomic E-state index is -0.412. The largest absolute Gasteiger partial charge is 0.459 e. The number of halogens is 1. The van der Waals surface area contributed by atoms with Crippen molar-refractivity contribution < 1.29 is 14.3 Å². The van der Waals surface area contributed by atoms with E-state index < -0.39 is 5.97 Å². The molecule has 5 nitrogen and oxygen atoms in total. The summed E-state index contributed by atoms with van der Waals surface area (Å²) >= 11 is 3.25. The molecule has 0 radical (unpaired) electrons. The van der Waals surface area contributed by atoms with Crippen molar-refractivity contribution in [2.75, 3.05) is 18.9 Å². The van der Waals surface area contributed by atoms with E-state index in [1.807, 2.05) is 0 Å². The number of carbonyl (C=O) groups excluding carboxylic acids is 1. The van der Waals surface area contributed by atoms with E-state index >= 15 is 0 Å². The number of esters is 1. The Morgan fingerprint density at radius 2 is 2.44 bits per heavy atom. The van der Waals surface area contributed by atoms with Crippen molar-refractivity contribution in [2.45, 2.75) is 25.4 Å². The number of aromatic nitrogens is 1. The van der Waals surface area contributed by atoms with Gasteiger partial charge in [-0.3, -0.25) is 0 Å². The molecule has 1 atom stereocenters. The van der Waals surface area contributed by atoms with Crippen molar-refractivity contribution in [1.29, 1.82) is 0 Å². The van der Waals surface area contributed by atoms with Crippen LogP contribution in [0.15, 0.2) is 16.7 Å². The molecule has 2 rings (SSSR count). The predicted octanol–water partition coefficient (Wildman–Crippen LogP) is 2.15. The van der Waals surface area contributed by atoms with Gasteiger partial charge in [0.15, 0.2) is 0 Å². The third kappa shape index (κ3) is 3.43. The van der Waals surface area contributed by atoms with Gasteiger partial charge in [-0.15, -0.1) is 0 Å². The maximum Gasteiger partial charge on any atom is 0.339 e. The normalized spacial score (nSPS) is 19.5. The van der Waals surface area contributed by atoms with Gasteiger partial charge in [0, 0.05) is 12.8 Å². The molecule has 1 aromatic heterocycles. The quantitative estimate of drug-likeness (QED) is 0.865. The van der Waals surface area contributed by atoms with Gasteiger partial charge in [0.2, 0.25) is 0 Å². The van der Waals surface area contributed by atoms with Crippen LogP contribution in [0.2, 0.25) is 0 Å². The summed E-state index contributed by atoms with van der Waals surface area (Å²) in [7, 11) is 0. The van der Waals surface area contributed by atoms with Crippen LogP contribution in [0.1, 0.15) is 29.6 Å². The van der Waals surface area contributed by atoms with E-state index in [-0.39, 0.29) is 12.7 Å². The van der Waals surface area contributed by atoms with E-state index in [1.165, 1.54) is 12.3 Å². The molecule has 0 spiro atoms. The van der Waals surface area contributed by atoms with Crippen LogP contribution in [0, 0.1) is 0 Å². The molecule has 1 unspecified atom stereocenters. The Morgan fingerprint density at radius 1 is 1.61 bits per heavy atom. The Morgan fingerprint density at radius 3 is 3.17 bits per heavy atom. The second kappa shape index (κ2) is 6.15. The zero-order valence-corrected chi connectivity index (χ0v) is 11.5. The molecule has 1 fully saturated rings. The number of hydrogen-bond acceptors (Lipinski definition) is 5. The maximum absolute atomic E-state index is 11.9. The number of ether oxygens (including phenoxy) is 2. The number of pyridine rings is 1. The number of rotatable bonds is 3. The monoisotopic (exact) mass is 314 g/mol. The molecule has 1 aliphatic rings. The Labute approximate surface area is 114 Å². The van der Waals surface area contributed by atoms with Gasteiger partial charge in [-0.2, -0.15) is 0 Å². The van der Waals surface area contributed by atoms with Crippen molar-refractivity contribution in [3.8, 4) is 0 Å². The van der Waals surface area contributed by atoms with Gasteiger partial charge < -0.3 is 15.2 Å². The topological polar surface area (TPSA) is 74.4 Å². The molecule has 0 saturated carbocycles. The molecule has 6 heteroatoms. The van der Waals surface area contributed by atoms with Crippen molar-refractivity contribution in [2.24, 2.45) is 0 Å². The molecule has 0 bridgehead atoms. The predicted molar refractivity (Wildman–Crippen MR) is 70.2 cm³/mol. The van der Waals surface area contributed by atoms with Crippen LogP contribution in [0.5, 0.6) is 0 Å². The minimum absolute atomic E-state index is 0.0145. The van der Waals surface area contributed by atoms with Crippen LogP contribution in [-0.2, 0) is 9.47 Å². The summed E-state index contributed by atoms with van der Waals surface area (Å²) in [4.78, 5) is 15.7. The average molecular weight is 315 g/mol. The van der Waals surface area contributed by atoms with E-state index in [4.69, 9.17) is 15.2 Å². The highest BCUT2D eigenvalue weighted by Gasteiger charge is 2.18. The second-order valence-electron chi connectivity index (χ2n) is 4.18. The summed E-state index contributed by atoms with van der Waals surface area (Å²) in [5.41, 5.74) is 5.93. The van der Waals surface area contributed by atoms with Gasteiger partial charge in [-0.05, 0) is 41.3 Å². The molecule has 98 valence electrons. The third-order valence-electron chi connectivity index (χ3n) is 2.77. The summed E-state index contributed by atoms with van der Waals surface area (Å²) in [6, 6.07) is 1.49. The van der Waals surface area contributed by atoms with Crippen LogP contribution >= 0.6 is 15.9 Å². The smallest absolute Gasteiger partial charge is 0.339 e. The van der Waals surface area contributed by atoms with Crippen LogP contribution in [0.25, 0.3) is 0 Å². The summed E-state index contributed by atoms with van der Waals surface area (Å²) in [6.45, 7) is 1.03. The number of hydrogen-bond donors (Lipinski definition) is 1. The lowest BCUT2D eigenvalue weighted by molar-refractivity contribution is -0.0300. The van der Waals surface area contributed by atoms with Gasteiger partial charge in [0.25, 0.3) is 0 Å². The van der Waals surface area contributed by atoms with Gasteiger partial charge in [-0.25, -0.2) is 9.78 Å². The van der Waals surface area contributed by atoms with Crippen molar-refractivity contribution in [1.82, 2.24) is 4.98 Å². The van der Waals surface area contributed by atoms with Gasteiger partial charge in [0.1, 0.15) is 12.4 Å². The molecule has 0 amide bonds. The number of nitrogen functional groups attached to an aromatic ring is 1. The summed E-state index contributed by atoms with van der Waals surface area (Å²) in [5, 5.41) is 0. The fourth-order valence-electron chi connectivity index (χ4n) is 1.80. The van der Waals surface area contributed by atoms with Gasteiger partial charge in [-0.1, -0.05) is 0 Å². The molecule has 1 aliphatic heterocycles. The molecule has 2 heterocycles. The van der Waals surface area contributed by atoms with E-state index in [0.29, 0.717) is 15.9 Å². The first-order chi connectivity index (χ1) is 8.66. The Kier molecular flexibility index (Phi) is 4.54. The first-order valence-electron chi connectivity index (χ1n) is 5.86. The molecule has 1 saturated heterocycles. The fourth-order valence-corrected chi connectivity index (χ4v) is 2.18. The van der Waals surface area contributed by atoms with E-state index in [1.54, 1.807) is 0 Å². The highest BCUT2D eigenvalue weighted by Crippen LogP contribution is 2.19. The molecule has 1 aromatic rings. The molecule has 0 aliphatic carbocycles. The lowest BCUT2D eigenvalue weighted by Gasteiger charge is -2.22.